The fourth-order valence-corrected chi connectivity index (χ4v) is 4.21. The van der Waals surface area contributed by atoms with Crippen molar-refractivity contribution in [2.24, 2.45) is 0 Å². The first kappa shape index (κ1) is 18.2. The van der Waals surface area contributed by atoms with Gasteiger partial charge in [-0.3, -0.25) is 9.59 Å². The van der Waals surface area contributed by atoms with Crippen LogP contribution in [-0.2, 0) is 19.4 Å². The van der Waals surface area contributed by atoms with E-state index in [0.717, 1.165) is 5.56 Å². The highest BCUT2D eigenvalue weighted by Crippen LogP contribution is 2.11. The number of sulfone groups is 1. The van der Waals surface area contributed by atoms with Gasteiger partial charge in [0.2, 0.25) is 11.8 Å². The molecule has 1 heterocycles. The average Bonchev–Trinajstić information content (AvgIpc) is 2.89. The SMILES string of the molecule is CCN(CC(=O)N[C@@H]1CCS(=O)(=O)C1)C(=O)/C=C/c1ccccc1. The van der Waals surface area contributed by atoms with Gasteiger partial charge in [-0.2, -0.15) is 0 Å². The van der Waals surface area contributed by atoms with Crippen LogP contribution in [0.2, 0.25) is 0 Å². The number of nitrogens with zero attached hydrogens (tertiary/aromatic N) is 1. The second kappa shape index (κ2) is 8.10. The Balaban J connectivity index is 1.87. The molecule has 6 nitrogen and oxygen atoms in total. The summed E-state index contributed by atoms with van der Waals surface area (Å²) < 4.78 is 22.8. The Morgan fingerprint density at radius 2 is 2.00 bits per heavy atom. The maximum Gasteiger partial charge on any atom is 0.247 e. The van der Waals surface area contributed by atoms with Gasteiger partial charge in [-0.15, -0.1) is 0 Å². The van der Waals surface area contributed by atoms with E-state index in [4.69, 9.17) is 0 Å². The minimum Gasteiger partial charge on any atom is -0.351 e. The molecular formula is C17H22N2O4S. The minimum absolute atomic E-state index is 0.0211. The van der Waals surface area contributed by atoms with Crippen molar-refractivity contribution >= 4 is 27.7 Å². The van der Waals surface area contributed by atoms with Crippen LogP contribution < -0.4 is 5.32 Å². The zero-order chi connectivity index (χ0) is 17.6. The third kappa shape index (κ3) is 5.49. The highest BCUT2D eigenvalue weighted by molar-refractivity contribution is 7.91. The van der Waals surface area contributed by atoms with Crippen LogP contribution >= 0.6 is 0 Å². The number of nitrogens with one attached hydrogen (secondary N) is 1. The van der Waals surface area contributed by atoms with Gasteiger partial charge >= 0.3 is 0 Å². The number of benzene rings is 1. The van der Waals surface area contributed by atoms with Crippen molar-refractivity contribution in [2.75, 3.05) is 24.6 Å². The van der Waals surface area contributed by atoms with Gasteiger partial charge in [0.1, 0.15) is 0 Å². The summed E-state index contributed by atoms with van der Waals surface area (Å²) in [6, 6.07) is 9.07. The number of hydrogen-bond acceptors (Lipinski definition) is 4. The van der Waals surface area contributed by atoms with Crippen molar-refractivity contribution in [3.05, 3.63) is 42.0 Å². The van der Waals surface area contributed by atoms with Gasteiger partial charge in [0.15, 0.2) is 9.84 Å². The van der Waals surface area contributed by atoms with Crippen molar-refractivity contribution in [3.63, 3.8) is 0 Å². The van der Waals surface area contributed by atoms with Crippen molar-refractivity contribution < 1.29 is 18.0 Å². The number of carbonyl (C=O) groups is 2. The summed E-state index contributed by atoms with van der Waals surface area (Å²) in [6.45, 7) is 2.11. The molecule has 1 aliphatic heterocycles. The molecule has 0 bridgehead atoms. The van der Waals surface area contributed by atoms with E-state index in [1.165, 1.54) is 11.0 Å². The Morgan fingerprint density at radius 3 is 2.58 bits per heavy atom. The first-order valence-corrected chi connectivity index (χ1v) is 9.73. The largest absolute Gasteiger partial charge is 0.351 e. The van der Waals surface area contributed by atoms with E-state index < -0.39 is 9.84 Å². The molecule has 2 rings (SSSR count). The van der Waals surface area contributed by atoms with Gasteiger partial charge in [0.05, 0.1) is 18.1 Å². The van der Waals surface area contributed by atoms with E-state index >= 15 is 0 Å². The van der Waals surface area contributed by atoms with E-state index in [1.807, 2.05) is 30.3 Å². The van der Waals surface area contributed by atoms with Crippen LogP contribution in [0.1, 0.15) is 18.9 Å². The molecule has 24 heavy (non-hydrogen) atoms. The Bertz CT molecular complexity index is 713. The monoisotopic (exact) mass is 350 g/mol. The molecule has 1 aromatic carbocycles. The molecule has 130 valence electrons. The average molecular weight is 350 g/mol. The summed E-state index contributed by atoms with van der Waals surface area (Å²) in [6.07, 6.45) is 3.57. The molecule has 2 amide bonds. The molecule has 1 aliphatic rings. The number of hydrogen-bond donors (Lipinski definition) is 1. The van der Waals surface area contributed by atoms with Crippen molar-refractivity contribution in [1.29, 1.82) is 0 Å². The van der Waals surface area contributed by atoms with E-state index in [9.17, 15) is 18.0 Å². The number of likely N-dealkylation sites (N-methyl/N-ethyl adjacent to an activating group) is 1. The van der Waals surface area contributed by atoms with E-state index in [1.54, 1.807) is 13.0 Å². The third-order valence-electron chi connectivity index (χ3n) is 3.84. The maximum absolute atomic E-state index is 12.2. The predicted molar refractivity (Wildman–Crippen MR) is 92.9 cm³/mol. The number of carbonyl (C=O) groups excluding carboxylic acids is 2. The molecule has 7 heteroatoms. The molecule has 0 aromatic heterocycles. The lowest BCUT2D eigenvalue weighted by Gasteiger charge is -2.20. The lowest BCUT2D eigenvalue weighted by Crippen LogP contribution is -2.44. The second-order valence-electron chi connectivity index (χ2n) is 5.76. The van der Waals surface area contributed by atoms with Crippen LogP contribution in [0.15, 0.2) is 36.4 Å². The smallest absolute Gasteiger partial charge is 0.247 e. The summed E-state index contributed by atoms with van der Waals surface area (Å²) in [5, 5.41) is 2.69. The van der Waals surface area contributed by atoms with Crippen LogP contribution in [0.5, 0.6) is 0 Å². The molecule has 0 unspecified atom stereocenters. The van der Waals surface area contributed by atoms with Crippen molar-refractivity contribution in [1.82, 2.24) is 10.2 Å². The summed E-state index contributed by atoms with van der Waals surface area (Å²) in [5.41, 5.74) is 0.905. The van der Waals surface area contributed by atoms with Crippen molar-refractivity contribution in [3.8, 4) is 0 Å². The Hall–Kier alpha value is -2.15. The van der Waals surface area contributed by atoms with Crippen LogP contribution in [-0.4, -0.2) is 55.8 Å². The Labute approximate surface area is 142 Å². The lowest BCUT2D eigenvalue weighted by molar-refractivity contribution is -0.132. The van der Waals surface area contributed by atoms with E-state index in [2.05, 4.69) is 5.32 Å². The fourth-order valence-electron chi connectivity index (χ4n) is 2.54. The summed E-state index contributed by atoms with van der Waals surface area (Å²) in [7, 11) is -3.04. The summed E-state index contributed by atoms with van der Waals surface area (Å²) >= 11 is 0. The van der Waals surface area contributed by atoms with Gasteiger partial charge in [-0.05, 0) is 25.0 Å². The molecule has 0 radical (unpaired) electrons. The molecular weight excluding hydrogens is 328 g/mol. The Kier molecular flexibility index (Phi) is 6.14. The normalized spacial score (nSPS) is 19.3. The zero-order valence-electron chi connectivity index (χ0n) is 13.6. The van der Waals surface area contributed by atoms with Crippen LogP contribution in [0.4, 0.5) is 0 Å². The standard InChI is InChI=1S/C17H22N2O4S/c1-2-19(17(21)9-8-14-6-4-3-5-7-14)12-16(20)18-15-10-11-24(22,23)13-15/h3-9,15H,2,10-13H2,1H3,(H,18,20)/b9-8+/t15-/m1/s1. The van der Waals surface area contributed by atoms with Crippen LogP contribution in [0, 0.1) is 0 Å². The van der Waals surface area contributed by atoms with Crippen LogP contribution in [0.25, 0.3) is 6.08 Å². The molecule has 1 saturated heterocycles. The molecule has 0 saturated carbocycles. The zero-order valence-corrected chi connectivity index (χ0v) is 14.5. The molecule has 1 atom stereocenters. The van der Waals surface area contributed by atoms with Crippen molar-refractivity contribution in [2.45, 2.75) is 19.4 Å². The van der Waals surface area contributed by atoms with Crippen LogP contribution in [0.3, 0.4) is 0 Å². The molecule has 1 aromatic rings. The van der Waals surface area contributed by atoms with Gasteiger partial charge in [-0.1, -0.05) is 30.3 Å². The van der Waals surface area contributed by atoms with E-state index in [-0.39, 0.29) is 35.9 Å². The highest BCUT2D eigenvalue weighted by atomic mass is 32.2. The van der Waals surface area contributed by atoms with E-state index in [0.29, 0.717) is 13.0 Å². The molecule has 0 spiro atoms. The number of rotatable bonds is 6. The predicted octanol–water partition coefficient (Wildman–Crippen LogP) is 0.852. The fraction of sp³-hybridized carbons (Fsp3) is 0.412. The maximum atomic E-state index is 12.2. The topological polar surface area (TPSA) is 83.6 Å². The van der Waals surface area contributed by atoms with Gasteiger partial charge in [0.25, 0.3) is 0 Å². The first-order valence-electron chi connectivity index (χ1n) is 7.91. The minimum atomic E-state index is -3.04. The quantitative estimate of drug-likeness (QED) is 0.771. The Morgan fingerprint density at radius 1 is 1.29 bits per heavy atom. The molecule has 1 fully saturated rings. The third-order valence-corrected chi connectivity index (χ3v) is 5.61. The van der Waals surface area contributed by atoms with Gasteiger partial charge in [-0.25, -0.2) is 8.42 Å². The van der Waals surface area contributed by atoms with Gasteiger partial charge < -0.3 is 10.2 Å². The highest BCUT2D eigenvalue weighted by Gasteiger charge is 2.29. The first-order chi connectivity index (χ1) is 11.4. The molecule has 1 N–H and O–H groups in total. The number of amides is 2. The summed E-state index contributed by atoms with van der Waals surface area (Å²) in [4.78, 5) is 25.6. The second-order valence-corrected chi connectivity index (χ2v) is 7.99. The van der Waals surface area contributed by atoms with Gasteiger partial charge in [0, 0.05) is 18.7 Å². The lowest BCUT2D eigenvalue weighted by atomic mass is 10.2. The summed E-state index contributed by atoms with van der Waals surface area (Å²) in [5.74, 6) is -0.503. The molecule has 0 aliphatic carbocycles.